The summed E-state index contributed by atoms with van der Waals surface area (Å²) in [5, 5.41) is 0. The van der Waals surface area contributed by atoms with Crippen molar-refractivity contribution in [1.82, 2.24) is 0 Å². The molecule has 0 fully saturated rings. The normalized spacial score (nSPS) is 11.2. The van der Waals surface area contributed by atoms with Crippen molar-refractivity contribution >= 4 is 20.5 Å². The van der Waals surface area contributed by atoms with E-state index in [9.17, 15) is 4.79 Å². The van der Waals surface area contributed by atoms with Crippen LogP contribution in [0.3, 0.4) is 0 Å². The van der Waals surface area contributed by atoms with Gasteiger partial charge in [0.15, 0.2) is 5.91 Å². The summed E-state index contributed by atoms with van der Waals surface area (Å²) in [6.07, 6.45) is 2.59. The fraction of sp³-hybridized carbons (Fsp3) is 0.308. The SMILES string of the molecule is C=Cc1ccc(CC[Si](C=O)(OC)OC)cc1. The largest absolute Gasteiger partial charge is 0.406 e. The number of aryl methyl sites for hydroxylation is 1. The summed E-state index contributed by atoms with van der Waals surface area (Å²) in [6, 6.07) is 8.72. The number of carbonyl (C=O) groups is 1. The molecule has 0 atom stereocenters. The van der Waals surface area contributed by atoms with Crippen LogP contribution in [-0.2, 0) is 20.1 Å². The second-order valence-electron chi connectivity index (χ2n) is 3.78. The Morgan fingerprint density at radius 1 is 1.24 bits per heavy atom. The highest BCUT2D eigenvalue weighted by atomic mass is 28.4. The van der Waals surface area contributed by atoms with E-state index in [-0.39, 0.29) is 0 Å². The summed E-state index contributed by atoms with van der Waals surface area (Å²) in [4.78, 5) is 11.0. The van der Waals surface area contributed by atoms with Crippen molar-refractivity contribution in [2.24, 2.45) is 0 Å². The zero-order valence-corrected chi connectivity index (χ0v) is 11.3. The molecule has 0 aliphatic heterocycles. The lowest BCUT2D eigenvalue weighted by Gasteiger charge is -2.20. The lowest BCUT2D eigenvalue weighted by atomic mass is 10.1. The summed E-state index contributed by atoms with van der Waals surface area (Å²) in [5.41, 5.74) is 2.26. The van der Waals surface area contributed by atoms with E-state index in [1.165, 1.54) is 19.8 Å². The molecule has 0 saturated heterocycles. The van der Waals surface area contributed by atoms with Crippen molar-refractivity contribution in [3.8, 4) is 0 Å². The molecule has 0 aliphatic carbocycles. The molecule has 0 N–H and O–H groups in total. The Hall–Kier alpha value is -1.23. The average molecular weight is 250 g/mol. The van der Waals surface area contributed by atoms with Crippen molar-refractivity contribution in [3.05, 3.63) is 42.0 Å². The van der Waals surface area contributed by atoms with Gasteiger partial charge in [-0.05, 0) is 17.5 Å². The maximum atomic E-state index is 11.0. The van der Waals surface area contributed by atoms with Crippen LogP contribution in [0.5, 0.6) is 0 Å². The van der Waals surface area contributed by atoms with Crippen LogP contribution in [0.15, 0.2) is 30.8 Å². The first-order valence-corrected chi connectivity index (χ1v) is 7.58. The standard InChI is InChI=1S/C13H18O3Si/c1-4-12-5-7-13(8-6-12)9-10-17(11-14,15-2)16-3/h4-8,11H,1,9-10H2,2-3H3. The van der Waals surface area contributed by atoms with Crippen molar-refractivity contribution in [2.45, 2.75) is 12.5 Å². The fourth-order valence-corrected chi connectivity index (χ4v) is 3.10. The quantitative estimate of drug-likeness (QED) is 0.550. The third-order valence-electron chi connectivity index (χ3n) is 2.85. The van der Waals surface area contributed by atoms with E-state index in [1.807, 2.05) is 24.3 Å². The van der Waals surface area contributed by atoms with Gasteiger partial charge in [-0.1, -0.05) is 36.9 Å². The first-order chi connectivity index (χ1) is 8.19. The first-order valence-electron chi connectivity index (χ1n) is 5.47. The molecule has 3 nitrogen and oxygen atoms in total. The van der Waals surface area contributed by atoms with Crippen LogP contribution < -0.4 is 0 Å². The van der Waals surface area contributed by atoms with Crippen molar-refractivity contribution < 1.29 is 13.6 Å². The van der Waals surface area contributed by atoms with Gasteiger partial charge in [-0.25, -0.2) is 0 Å². The Morgan fingerprint density at radius 3 is 2.24 bits per heavy atom. The minimum Gasteiger partial charge on any atom is -0.393 e. The molecule has 4 heteroatoms. The Labute approximate surface area is 103 Å². The van der Waals surface area contributed by atoms with Gasteiger partial charge in [-0.3, -0.25) is 0 Å². The summed E-state index contributed by atoms with van der Waals surface area (Å²) < 4.78 is 10.5. The Balaban J connectivity index is 2.65. The van der Waals surface area contributed by atoms with Gasteiger partial charge in [0.05, 0.1) is 0 Å². The molecule has 1 aromatic carbocycles. The fourth-order valence-electron chi connectivity index (χ4n) is 1.58. The number of hydrogen-bond donors (Lipinski definition) is 0. The molecule has 0 spiro atoms. The topological polar surface area (TPSA) is 35.5 Å². The highest BCUT2D eigenvalue weighted by Crippen LogP contribution is 2.15. The number of rotatable bonds is 7. The van der Waals surface area contributed by atoms with E-state index in [0.29, 0.717) is 6.04 Å². The summed E-state index contributed by atoms with van der Waals surface area (Å²) in [7, 11) is 0.443. The summed E-state index contributed by atoms with van der Waals surface area (Å²) in [6.45, 7) is 3.71. The van der Waals surface area contributed by atoms with Gasteiger partial charge < -0.3 is 13.6 Å². The molecule has 0 amide bonds. The third-order valence-corrected chi connectivity index (χ3v) is 5.54. The van der Waals surface area contributed by atoms with Crippen LogP contribution in [0.4, 0.5) is 0 Å². The van der Waals surface area contributed by atoms with Gasteiger partial charge >= 0.3 is 8.56 Å². The second kappa shape index (κ2) is 6.49. The van der Waals surface area contributed by atoms with Gasteiger partial charge in [-0.15, -0.1) is 0 Å². The van der Waals surface area contributed by atoms with Crippen LogP contribution in [0.25, 0.3) is 6.08 Å². The molecule has 0 unspecified atom stereocenters. The van der Waals surface area contributed by atoms with Crippen LogP contribution in [-0.4, -0.2) is 28.7 Å². The van der Waals surface area contributed by atoms with Crippen molar-refractivity contribution in [3.63, 3.8) is 0 Å². The van der Waals surface area contributed by atoms with E-state index in [1.54, 1.807) is 6.08 Å². The molecule has 92 valence electrons. The lowest BCUT2D eigenvalue weighted by Crippen LogP contribution is -2.42. The minimum atomic E-state index is -2.62. The van der Waals surface area contributed by atoms with E-state index < -0.39 is 8.56 Å². The smallest absolute Gasteiger partial charge is 0.393 e. The average Bonchev–Trinajstić information content (AvgIpc) is 2.41. The molecule has 17 heavy (non-hydrogen) atoms. The van der Waals surface area contributed by atoms with Gasteiger partial charge in [-0.2, -0.15) is 0 Å². The van der Waals surface area contributed by atoms with Gasteiger partial charge in [0.2, 0.25) is 0 Å². The minimum absolute atomic E-state index is 0.636. The van der Waals surface area contributed by atoms with E-state index in [2.05, 4.69) is 6.58 Å². The monoisotopic (exact) mass is 250 g/mol. The first kappa shape index (κ1) is 13.8. The lowest BCUT2D eigenvalue weighted by molar-refractivity contribution is 0.259. The number of hydrogen-bond acceptors (Lipinski definition) is 3. The van der Waals surface area contributed by atoms with Gasteiger partial charge in [0, 0.05) is 20.3 Å². The zero-order chi connectivity index (χ0) is 12.7. The number of benzene rings is 1. The van der Waals surface area contributed by atoms with Gasteiger partial charge in [0.25, 0.3) is 0 Å². The maximum Gasteiger partial charge on any atom is 0.406 e. The Morgan fingerprint density at radius 2 is 1.82 bits per heavy atom. The van der Waals surface area contributed by atoms with Crippen LogP contribution in [0.1, 0.15) is 11.1 Å². The Kier molecular flexibility index (Phi) is 5.28. The summed E-state index contributed by atoms with van der Waals surface area (Å²) in [5.74, 6) is 0.838. The zero-order valence-electron chi connectivity index (χ0n) is 10.3. The Bertz CT molecular complexity index is 369. The van der Waals surface area contributed by atoms with Crippen molar-refractivity contribution in [2.75, 3.05) is 14.2 Å². The molecule has 0 saturated carbocycles. The molecule has 0 radical (unpaired) electrons. The van der Waals surface area contributed by atoms with E-state index >= 15 is 0 Å². The molecule has 0 heterocycles. The van der Waals surface area contributed by atoms with Crippen LogP contribution >= 0.6 is 0 Å². The van der Waals surface area contributed by atoms with Crippen LogP contribution in [0, 0.1) is 0 Å². The molecular weight excluding hydrogens is 232 g/mol. The molecule has 0 bridgehead atoms. The van der Waals surface area contributed by atoms with Crippen LogP contribution in [0.2, 0.25) is 6.04 Å². The molecule has 1 aromatic rings. The van der Waals surface area contributed by atoms with E-state index in [4.69, 9.17) is 8.85 Å². The second-order valence-corrected chi connectivity index (χ2v) is 6.96. The highest BCUT2D eigenvalue weighted by molar-refractivity contribution is 6.91. The highest BCUT2D eigenvalue weighted by Gasteiger charge is 2.34. The van der Waals surface area contributed by atoms with Crippen molar-refractivity contribution in [1.29, 1.82) is 0 Å². The molecule has 0 aromatic heterocycles. The molecule has 0 aliphatic rings. The molecular formula is C13H18O3Si. The van der Waals surface area contributed by atoms with E-state index in [0.717, 1.165) is 17.9 Å². The predicted molar refractivity (Wildman–Crippen MR) is 71.6 cm³/mol. The number of carbonyl (C=O) groups excluding carboxylic acids is 1. The predicted octanol–water partition coefficient (Wildman–Crippen LogP) is 2.38. The van der Waals surface area contributed by atoms with Gasteiger partial charge in [0.1, 0.15) is 0 Å². The molecule has 1 rings (SSSR count). The third kappa shape index (κ3) is 3.63. The maximum absolute atomic E-state index is 11.0. The summed E-state index contributed by atoms with van der Waals surface area (Å²) >= 11 is 0.